The van der Waals surface area contributed by atoms with Crippen LogP contribution in [0.4, 0.5) is 4.79 Å². The lowest BCUT2D eigenvalue weighted by molar-refractivity contribution is -0.137. The van der Waals surface area contributed by atoms with Crippen LogP contribution in [-0.2, 0) is 16.1 Å². The Labute approximate surface area is 188 Å². The van der Waals surface area contributed by atoms with Gasteiger partial charge in [-0.25, -0.2) is 4.79 Å². The second kappa shape index (κ2) is 9.69. The summed E-state index contributed by atoms with van der Waals surface area (Å²) in [6.45, 7) is 2.97. The topological polar surface area (TPSA) is 66.8 Å². The fourth-order valence-corrected chi connectivity index (χ4v) is 4.33. The standard InChI is InChI=1S/C27H27NO4/c1-19-9-2-3-10-20(19)17-28(16-8-15-26(29)30)27(31)32-18-25-23-13-6-4-11-21(23)22-12-5-7-14-24(22)25/h2-7,9-14,25H,8,15-18H2,1H3,(H,29,30). The average molecular weight is 430 g/mol. The minimum absolute atomic E-state index is 0.00863. The predicted molar refractivity (Wildman–Crippen MR) is 124 cm³/mol. The normalized spacial score (nSPS) is 12.2. The zero-order valence-corrected chi connectivity index (χ0v) is 18.2. The molecule has 0 aromatic heterocycles. The van der Waals surface area contributed by atoms with E-state index in [4.69, 9.17) is 9.84 Å². The van der Waals surface area contributed by atoms with Gasteiger partial charge in [-0.3, -0.25) is 4.79 Å². The van der Waals surface area contributed by atoms with Gasteiger partial charge in [-0.05, 0) is 46.7 Å². The molecule has 3 aromatic carbocycles. The molecule has 0 spiro atoms. The second-order valence-electron chi connectivity index (χ2n) is 8.15. The summed E-state index contributed by atoms with van der Waals surface area (Å²) in [7, 11) is 0. The summed E-state index contributed by atoms with van der Waals surface area (Å²) in [6.07, 6.45) is -0.0210. The van der Waals surface area contributed by atoms with Gasteiger partial charge in [0.15, 0.2) is 0 Å². The van der Waals surface area contributed by atoms with E-state index in [2.05, 4.69) is 24.3 Å². The van der Waals surface area contributed by atoms with Gasteiger partial charge in [-0.2, -0.15) is 0 Å². The Morgan fingerprint density at radius 1 is 0.906 bits per heavy atom. The highest BCUT2D eigenvalue weighted by Gasteiger charge is 2.29. The number of aryl methyl sites for hydroxylation is 1. The Morgan fingerprint density at radius 2 is 1.50 bits per heavy atom. The lowest BCUT2D eigenvalue weighted by atomic mass is 9.98. The highest BCUT2D eigenvalue weighted by molar-refractivity contribution is 5.79. The van der Waals surface area contributed by atoms with Crippen molar-refractivity contribution in [3.63, 3.8) is 0 Å². The van der Waals surface area contributed by atoms with E-state index in [0.717, 1.165) is 22.3 Å². The maximum absolute atomic E-state index is 13.1. The first kappa shape index (κ1) is 21.6. The van der Waals surface area contributed by atoms with Crippen molar-refractivity contribution in [3.05, 3.63) is 95.1 Å². The number of carboxylic acids is 1. The van der Waals surface area contributed by atoms with Crippen LogP contribution in [0.3, 0.4) is 0 Å². The van der Waals surface area contributed by atoms with Crippen LogP contribution in [0.15, 0.2) is 72.8 Å². The van der Waals surface area contributed by atoms with Gasteiger partial charge < -0.3 is 14.7 Å². The van der Waals surface area contributed by atoms with E-state index in [-0.39, 0.29) is 18.9 Å². The number of carbonyl (C=O) groups excluding carboxylic acids is 1. The van der Waals surface area contributed by atoms with Crippen molar-refractivity contribution in [2.45, 2.75) is 32.2 Å². The van der Waals surface area contributed by atoms with Crippen LogP contribution in [0.25, 0.3) is 11.1 Å². The van der Waals surface area contributed by atoms with Crippen LogP contribution >= 0.6 is 0 Å². The molecule has 164 valence electrons. The zero-order chi connectivity index (χ0) is 22.5. The molecule has 1 aliphatic carbocycles. The van der Waals surface area contributed by atoms with E-state index >= 15 is 0 Å². The molecule has 0 fully saturated rings. The number of hydrogen-bond acceptors (Lipinski definition) is 3. The number of rotatable bonds is 8. The summed E-state index contributed by atoms with van der Waals surface area (Å²) in [5.74, 6) is -0.876. The summed E-state index contributed by atoms with van der Waals surface area (Å²) in [6, 6.07) is 24.3. The number of carboxylic acid groups (broad SMARTS) is 1. The molecule has 32 heavy (non-hydrogen) atoms. The molecule has 0 heterocycles. The van der Waals surface area contributed by atoms with Crippen LogP contribution in [-0.4, -0.2) is 35.2 Å². The van der Waals surface area contributed by atoms with Gasteiger partial charge in [-0.1, -0.05) is 72.8 Å². The molecule has 0 saturated carbocycles. The minimum atomic E-state index is -0.867. The molecule has 1 N–H and O–H groups in total. The van der Waals surface area contributed by atoms with E-state index in [1.165, 1.54) is 11.1 Å². The summed E-state index contributed by atoms with van der Waals surface area (Å²) < 4.78 is 5.81. The Morgan fingerprint density at radius 3 is 2.12 bits per heavy atom. The number of ether oxygens (including phenoxy) is 1. The highest BCUT2D eigenvalue weighted by Crippen LogP contribution is 2.44. The molecule has 0 radical (unpaired) electrons. The molecule has 5 nitrogen and oxygen atoms in total. The highest BCUT2D eigenvalue weighted by atomic mass is 16.6. The predicted octanol–water partition coefficient (Wildman–Crippen LogP) is 5.61. The molecule has 0 saturated heterocycles. The van der Waals surface area contributed by atoms with E-state index in [9.17, 15) is 9.59 Å². The lowest BCUT2D eigenvalue weighted by Crippen LogP contribution is -2.33. The first-order valence-electron chi connectivity index (χ1n) is 10.9. The quantitative estimate of drug-likeness (QED) is 0.505. The van der Waals surface area contributed by atoms with Crippen molar-refractivity contribution in [2.75, 3.05) is 13.2 Å². The van der Waals surface area contributed by atoms with Crippen LogP contribution in [0.2, 0.25) is 0 Å². The lowest BCUT2D eigenvalue weighted by Gasteiger charge is -2.24. The van der Waals surface area contributed by atoms with Crippen molar-refractivity contribution in [3.8, 4) is 11.1 Å². The van der Waals surface area contributed by atoms with Gasteiger partial charge >= 0.3 is 12.1 Å². The number of hydrogen-bond donors (Lipinski definition) is 1. The van der Waals surface area contributed by atoms with Crippen molar-refractivity contribution in [1.82, 2.24) is 4.90 Å². The van der Waals surface area contributed by atoms with Gasteiger partial charge in [-0.15, -0.1) is 0 Å². The van der Waals surface area contributed by atoms with Crippen molar-refractivity contribution in [2.24, 2.45) is 0 Å². The van der Waals surface area contributed by atoms with Crippen LogP contribution in [0.1, 0.15) is 41.0 Å². The molecule has 0 bridgehead atoms. The maximum Gasteiger partial charge on any atom is 0.410 e. The van der Waals surface area contributed by atoms with E-state index in [1.54, 1.807) is 4.90 Å². The summed E-state index contributed by atoms with van der Waals surface area (Å²) in [5, 5.41) is 9.00. The van der Waals surface area contributed by atoms with Crippen LogP contribution < -0.4 is 0 Å². The van der Waals surface area contributed by atoms with E-state index in [0.29, 0.717) is 19.5 Å². The molecule has 4 rings (SSSR count). The zero-order valence-electron chi connectivity index (χ0n) is 18.2. The van der Waals surface area contributed by atoms with Crippen molar-refractivity contribution in [1.29, 1.82) is 0 Å². The van der Waals surface area contributed by atoms with E-state index < -0.39 is 12.1 Å². The minimum Gasteiger partial charge on any atom is -0.481 e. The Balaban J connectivity index is 1.49. The fraction of sp³-hybridized carbons (Fsp3) is 0.259. The van der Waals surface area contributed by atoms with Gasteiger partial charge in [0.2, 0.25) is 0 Å². The molecule has 1 aliphatic rings. The number of amides is 1. The fourth-order valence-electron chi connectivity index (χ4n) is 4.33. The maximum atomic E-state index is 13.1. The van der Waals surface area contributed by atoms with Crippen LogP contribution in [0, 0.1) is 6.92 Å². The first-order chi connectivity index (χ1) is 15.5. The molecule has 1 amide bonds. The third-order valence-corrected chi connectivity index (χ3v) is 6.04. The molecule has 5 heteroatoms. The first-order valence-corrected chi connectivity index (χ1v) is 10.9. The SMILES string of the molecule is Cc1ccccc1CN(CCCC(=O)O)C(=O)OCC1c2ccccc2-c2ccccc21. The third-order valence-electron chi connectivity index (χ3n) is 6.04. The van der Waals surface area contributed by atoms with Crippen molar-refractivity contribution >= 4 is 12.1 Å². The smallest absolute Gasteiger partial charge is 0.410 e. The Hall–Kier alpha value is -3.60. The molecule has 0 unspecified atom stereocenters. The van der Waals surface area contributed by atoms with E-state index in [1.807, 2.05) is 55.5 Å². The van der Waals surface area contributed by atoms with Gasteiger partial charge in [0.25, 0.3) is 0 Å². The largest absolute Gasteiger partial charge is 0.481 e. The van der Waals surface area contributed by atoms with Gasteiger partial charge in [0.1, 0.15) is 6.61 Å². The number of aliphatic carboxylic acids is 1. The third kappa shape index (κ3) is 4.67. The van der Waals surface area contributed by atoms with Crippen molar-refractivity contribution < 1.29 is 19.4 Å². The Kier molecular flexibility index (Phi) is 6.55. The molecular formula is C27H27NO4. The summed E-state index contributed by atoms with van der Waals surface area (Å²) in [4.78, 5) is 25.6. The second-order valence-corrected chi connectivity index (χ2v) is 8.15. The van der Waals surface area contributed by atoms with Gasteiger partial charge in [0, 0.05) is 25.4 Å². The Bertz CT molecular complexity index is 1080. The van der Waals surface area contributed by atoms with Gasteiger partial charge in [0.05, 0.1) is 0 Å². The molecular weight excluding hydrogens is 402 g/mol. The number of nitrogens with zero attached hydrogens (tertiary/aromatic N) is 1. The number of carbonyl (C=O) groups is 2. The molecule has 3 aromatic rings. The van der Waals surface area contributed by atoms with Crippen LogP contribution in [0.5, 0.6) is 0 Å². The average Bonchev–Trinajstić information content (AvgIpc) is 3.12. The summed E-state index contributed by atoms with van der Waals surface area (Å²) in [5.41, 5.74) is 6.80. The monoisotopic (exact) mass is 429 g/mol. The number of benzene rings is 3. The summed E-state index contributed by atoms with van der Waals surface area (Å²) >= 11 is 0. The number of fused-ring (bicyclic) bond motifs is 3. The molecule has 0 aliphatic heterocycles. The molecule has 0 atom stereocenters.